The maximum absolute atomic E-state index is 12.5. The van der Waals surface area contributed by atoms with Crippen LogP contribution in [0.2, 0.25) is 0 Å². The second-order valence-electron chi connectivity index (χ2n) is 6.42. The number of anilines is 1. The highest BCUT2D eigenvalue weighted by atomic mass is 16.5. The fourth-order valence-corrected chi connectivity index (χ4v) is 3.39. The number of methoxy groups -OCH3 is 1. The first-order valence-electron chi connectivity index (χ1n) is 8.71. The molecular formula is C21H19NO5. The summed E-state index contributed by atoms with van der Waals surface area (Å²) in [6.07, 6.45) is 0.806. The van der Waals surface area contributed by atoms with E-state index in [1.54, 1.807) is 37.1 Å². The van der Waals surface area contributed by atoms with E-state index in [0.29, 0.717) is 23.4 Å². The number of rotatable bonds is 4. The number of nitrogens with zero attached hydrogens (tertiary/aromatic N) is 1. The molecule has 0 radical (unpaired) electrons. The molecule has 27 heavy (non-hydrogen) atoms. The van der Waals surface area contributed by atoms with Gasteiger partial charge in [0.15, 0.2) is 6.61 Å². The van der Waals surface area contributed by atoms with Gasteiger partial charge in [-0.25, -0.2) is 4.79 Å². The molecule has 1 aliphatic heterocycles. The molecule has 1 aliphatic rings. The van der Waals surface area contributed by atoms with E-state index in [9.17, 15) is 9.59 Å². The van der Waals surface area contributed by atoms with Crippen LogP contribution in [0.25, 0.3) is 11.0 Å². The number of furan rings is 1. The Morgan fingerprint density at radius 2 is 2.00 bits per heavy atom. The molecule has 2 heterocycles. The molecule has 0 N–H and O–H groups in total. The molecule has 0 saturated heterocycles. The maximum Gasteiger partial charge on any atom is 0.375 e. The van der Waals surface area contributed by atoms with Crippen LogP contribution in [0.3, 0.4) is 0 Å². The van der Waals surface area contributed by atoms with Gasteiger partial charge in [0.05, 0.1) is 7.11 Å². The molecule has 6 heteroatoms. The van der Waals surface area contributed by atoms with Crippen molar-refractivity contribution in [2.45, 2.75) is 13.3 Å². The predicted molar refractivity (Wildman–Crippen MR) is 100 cm³/mol. The first-order chi connectivity index (χ1) is 13.1. The Morgan fingerprint density at radius 3 is 2.81 bits per heavy atom. The van der Waals surface area contributed by atoms with Crippen LogP contribution in [-0.4, -0.2) is 32.1 Å². The molecule has 6 nitrogen and oxygen atoms in total. The average molecular weight is 365 g/mol. The lowest BCUT2D eigenvalue weighted by Gasteiger charge is -2.16. The number of amides is 1. The highest BCUT2D eigenvalue weighted by Crippen LogP contribution is 2.30. The molecule has 0 unspecified atom stereocenters. The Morgan fingerprint density at radius 1 is 1.19 bits per heavy atom. The van der Waals surface area contributed by atoms with E-state index < -0.39 is 5.97 Å². The van der Waals surface area contributed by atoms with Crippen LogP contribution >= 0.6 is 0 Å². The van der Waals surface area contributed by atoms with E-state index in [0.717, 1.165) is 23.1 Å². The van der Waals surface area contributed by atoms with E-state index in [1.807, 2.05) is 24.3 Å². The summed E-state index contributed by atoms with van der Waals surface area (Å²) in [7, 11) is 1.58. The molecule has 0 atom stereocenters. The monoisotopic (exact) mass is 365 g/mol. The Kier molecular flexibility index (Phi) is 4.32. The van der Waals surface area contributed by atoms with Gasteiger partial charge in [0.25, 0.3) is 5.91 Å². The van der Waals surface area contributed by atoms with Gasteiger partial charge in [0.2, 0.25) is 5.76 Å². The van der Waals surface area contributed by atoms with Crippen LogP contribution in [0.15, 0.2) is 46.9 Å². The van der Waals surface area contributed by atoms with Crippen LogP contribution in [0.5, 0.6) is 5.75 Å². The van der Waals surface area contributed by atoms with Crippen molar-refractivity contribution >= 4 is 28.5 Å². The normalized spacial score (nSPS) is 12.9. The molecule has 0 fully saturated rings. The minimum absolute atomic E-state index is 0.105. The number of ether oxygens (including phenoxy) is 2. The van der Waals surface area contributed by atoms with Crippen molar-refractivity contribution in [2.75, 3.05) is 25.2 Å². The van der Waals surface area contributed by atoms with E-state index >= 15 is 0 Å². The quantitative estimate of drug-likeness (QED) is 0.662. The van der Waals surface area contributed by atoms with Crippen LogP contribution in [0, 0.1) is 6.92 Å². The Labute approximate surface area is 156 Å². The fraction of sp³-hybridized carbons (Fsp3) is 0.238. The minimum atomic E-state index is -0.650. The summed E-state index contributed by atoms with van der Waals surface area (Å²) in [6.45, 7) is 2.05. The van der Waals surface area contributed by atoms with Crippen molar-refractivity contribution in [1.29, 1.82) is 0 Å². The molecule has 0 spiro atoms. The molecule has 4 rings (SSSR count). The summed E-state index contributed by atoms with van der Waals surface area (Å²) in [5, 5.41) is 0.779. The van der Waals surface area contributed by atoms with Crippen LogP contribution in [0.1, 0.15) is 21.7 Å². The lowest BCUT2D eigenvalue weighted by Crippen LogP contribution is -2.33. The maximum atomic E-state index is 12.5. The van der Waals surface area contributed by atoms with Crippen LogP contribution in [0.4, 0.5) is 5.69 Å². The third kappa shape index (κ3) is 3.03. The highest BCUT2D eigenvalue weighted by molar-refractivity contribution is 6.00. The first kappa shape index (κ1) is 17.1. The van der Waals surface area contributed by atoms with Gasteiger partial charge in [-0.05, 0) is 43.2 Å². The predicted octanol–water partition coefficient (Wildman–Crippen LogP) is 3.50. The van der Waals surface area contributed by atoms with Crippen molar-refractivity contribution in [3.8, 4) is 5.75 Å². The number of hydrogen-bond donors (Lipinski definition) is 0. The fourth-order valence-electron chi connectivity index (χ4n) is 3.39. The van der Waals surface area contributed by atoms with Gasteiger partial charge >= 0.3 is 5.97 Å². The number of carbonyl (C=O) groups is 2. The molecule has 2 aromatic carbocycles. The number of benzene rings is 2. The Balaban J connectivity index is 1.48. The van der Waals surface area contributed by atoms with E-state index in [2.05, 4.69) is 0 Å². The number of aryl methyl sites for hydroxylation is 1. The van der Waals surface area contributed by atoms with Gasteiger partial charge in [-0.2, -0.15) is 0 Å². The van der Waals surface area contributed by atoms with Crippen LogP contribution in [-0.2, 0) is 16.0 Å². The molecule has 0 bridgehead atoms. The van der Waals surface area contributed by atoms with Crippen molar-refractivity contribution in [2.24, 2.45) is 0 Å². The number of fused-ring (bicyclic) bond motifs is 2. The molecule has 3 aromatic rings. The summed E-state index contributed by atoms with van der Waals surface area (Å²) >= 11 is 0. The number of esters is 1. The molecule has 0 aliphatic carbocycles. The molecule has 0 saturated carbocycles. The van der Waals surface area contributed by atoms with Crippen LogP contribution < -0.4 is 9.64 Å². The topological polar surface area (TPSA) is 69.0 Å². The zero-order chi connectivity index (χ0) is 19.0. The van der Waals surface area contributed by atoms with Crippen molar-refractivity contribution in [1.82, 2.24) is 0 Å². The standard InChI is InChI=1S/C21H19NO5/c1-13-16-11-15(25-2)7-8-18(16)27-20(13)21(24)26-12-19(23)22-10-9-14-5-3-4-6-17(14)22/h3-8,11H,9-10,12H2,1-2H3. The third-order valence-corrected chi connectivity index (χ3v) is 4.84. The van der Waals surface area contributed by atoms with Gasteiger partial charge in [-0.1, -0.05) is 18.2 Å². The van der Waals surface area contributed by atoms with Gasteiger partial charge in [0.1, 0.15) is 11.3 Å². The van der Waals surface area contributed by atoms with Gasteiger partial charge < -0.3 is 18.8 Å². The van der Waals surface area contributed by atoms with E-state index in [4.69, 9.17) is 13.9 Å². The van der Waals surface area contributed by atoms with Gasteiger partial charge in [-0.15, -0.1) is 0 Å². The average Bonchev–Trinajstić information content (AvgIpc) is 3.27. The molecule has 1 amide bonds. The summed E-state index contributed by atoms with van der Waals surface area (Å²) in [6, 6.07) is 13.0. The van der Waals surface area contributed by atoms with Crippen molar-refractivity contribution in [3.63, 3.8) is 0 Å². The highest BCUT2D eigenvalue weighted by Gasteiger charge is 2.26. The second-order valence-corrected chi connectivity index (χ2v) is 6.42. The van der Waals surface area contributed by atoms with Gasteiger partial charge in [-0.3, -0.25) is 4.79 Å². The lowest BCUT2D eigenvalue weighted by atomic mass is 10.1. The summed E-state index contributed by atoms with van der Waals surface area (Å²) in [4.78, 5) is 26.6. The number of hydrogen-bond acceptors (Lipinski definition) is 5. The first-order valence-corrected chi connectivity index (χ1v) is 8.71. The van der Waals surface area contributed by atoms with E-state index in [1.165, 1.54) is 0 Å². The van der Waals surface area contributed by atoms with Crippen molar-refractivity contribution in [3.05, 3.63) is 59.4 Å². The van der Waals surface area contributed by atoms with Crippen molar-refractivity contribution < 1.29 is 23.5 Å². The number of para-hydroxylation sites is 1. The zero-order valence-electron chi connectivity index (χ0n) is 15.2. The third-order valence-electron chi connectivity index (χ3n) is 4.84. The zero-order valence-corrected chi connectivity index (χ0v) is 15.2. The molecule has 138 valence electrons. The molecular weight excluding hydrogens is 346 g/mol. The summed E-state index contributed by atoms with van der Waals surface area (Å²) in [5.41, 5.74) is 3.23. The Hall–Kier alpha value is -3.28. The number of carbonyl (C=O) groups excluding carboxylic acids is 2. The smallest absolute Gasteiger partial charge is 0.375 e. The summed E-state index contributed by atoms with van der Waals surface area (Å²) in [5.74, 6) is -0.116. The Bertz CT molecular complexity index is 1040. The lowest BCUT2D eigenvalue weighted by molar-refractivity contribution is -0.121. The van der Waals surface area contributed by atoms with E-state index in [-0.39, 0.29) is 18.3 Å². The molecule has 1 aromatic heterocycles. The van der Waals surface area contributed by atoms with Gasteiger partial charge in [0, 0.05) is 23.2 Å². The minimum Gasteiger partial charge on any atom is -0.497 e. The second kappa shape index (κ2) is 6.79. The largest absolute Gasteiger partial charge is 0.497 e. The summed E-state index contributed by atoms with van der Waals surface area (Å²) < 4.78 is 16.1. The SMILES string of the molecule is COc1ccc2oc(C(=O)OCC(=O)N3CCc4ccccc43)c(C)c2c1.